The van der Waals surface area contributed by atoms with Gasteiger partial charge in [-0.05, 0) is 49.4 Å². The molecule has 2 heterocycles. The first-order chi connectivity index (χ1) is 16.5. The molecule has 1 aliphatic rings. The van der Waals surface area contributed by atoms with Crippen LogP contribution in [0.3, 0.4) is 0 Å². The number of carbonyl (C=O) groups excluding carboxylic acids is 1. The van der Waals surface area contributed by atoms with Crippen molar-refractivity contribution in [3.05, 3.63) is 65.7 Å². The second kappa shape index (κ2) is 10.8. The van der Waals surface area contributed by atoms with E-state index in [9.17, 15) is 4.79 Å². The molecule has 0 saturated carbocycles. The van der Waals surface area contributed by atoms with E-state index in [1.807, 2.05) is 61.7 Å². The first-order valence-electron chi connectivity index (χ1n) is 11.0. The smallest absolute Gasteiger partial charge is 0.322 e. The van der Waals surface area contributed by atoms with Crippen LogP contribution in [0.1, 0.15) is 30.8 Å². The number of nitrogens with zero attached hydrogens (tertiary/aromatic N) is 3. The van der Waals surface area contributed by atoms with Gasteiger partial charge in [-0.25, -0.2) is 4.79 Å². The molecule has 1 unspecified atom stereocenters. The molecule has 9 heteroatoms. The third-order valence-electron chi connectivity index (χ3n) is 5.76. The molecule has 1 aromatic heterocycles. The zero-order valence-corrected chi connectivity index (χ0v) is 20.5. The van der Waals surface area contributed by atoms with E-state index < -0.39 is 6.04 Å². The lowest BCUT2D eigenvalue weighted by Gasteiger charge is -2.35. The Bertz CT molecular complexity index is 1180. The van der Waals surface area contributed by atoms with Crippen molar-refractivity contribution in [2.75, 3.05) is 33.6 Å². The highest BCUT2D eigenvalue weighted by molar-refractivity contribution is 7.98. The fraction of sp³-hybridized carbons (Fsp3) is 0.320. The first-order valence-corrected chi connectivity index (χ1v) is 12.2. The van der Waals surface area contributed by atoms with Gasteiger partial charge in [0.2, 0.25) is 5.82 Å². The summed E-state index contributed by atoms with van der Waals surface area (Å²) in [6, 6.07) is 15.0. The highest BCUT2D eigenvalue weighted by Gasteiger charge is 2.35. The summed E-state index contributed by atoms with van der Waals surface area (Å²) in [6.07, 6.45) is 2.74. The van der Waals surface area contributed by atoms with Crippen LogP contribution in [0.5, 0.6) is 5.75 Å². The SMILES string of the molecule is COCCCN1C(=O)NC(c2ccc(SC)cc2)C(c2nc(-c3cccc(OC)c3)no2)=C1C. The van der Waals surface area contributed by atoms with Gasteiger partial charge in [-0.1, -0.05) is 29.4 Å². The Balaban J connectivity index is 1.76. The second-order valence-electron chi connectivity index (χ2n) is 7.81. The summed E-state index contributed by atoms with van der Waals surface area (Å²) in [5, 5.41) is 7.34. The minimum atomic E-state index is -0.416. The standard InChI is InChI=1S/C25H28N4O4S/c1-16-21(24-27-23(28-33-24)18-7-5-8-19(15-18)32-3)22(17-9-11-20(34-4)12-10-17)26-25(30)29(16)13-6-14-31-2/h5,7-12,15,22H,6,13-14H2,1-4H3,(H,26,30). The molecule has 1 N–H and O–H groups in total. The van der Waals surface area contributed by atoms with Crippen LogP contribution in [-0.4, -0.2) is 54.7 Å². The highest BCUT2D eigenvalue weighted by Crippen LogP contribution is 2.38. The summed E-state index contributed by atoms with van der Waals surface area (Å²) < 4.78 is 16.2. The van der Waals surface area contributed by atoms with Gasteiger partial charge in [-0.2, -0.15) is 4.98 Å². The number of ether oxygens (including phenoxy) is 2. The molecule has 0 saturated heterocycles. The Kier molecular flexibility index (Phi) is 7.54. The molecule has 2 amide bonds. The highest BCUT2D eigenvalue weighted by atomic mass is 32.2. The summed E-state index contributed by atoms with van der Waals surface area (Å²) in [5.41, 5.74) is 3.28. The van der Waals surface area contributed by atoms with Crippen LogP contribution in [0.15, 0.2) is 63.6 Å². The number of benzene rings is 2. The normalized spacial score (nSPS) is 16.1. The van der Waals surface area contributed by atoms with Crippen molar-refractivity contribution < 1.29 is 18.8 Å². The molecule has 3 aromatic rings. The molecule has 4 rings (SSSR count). The zero-order chi connectivity index (χ0) is 24.1. The molecule has 0 spiro atoms. The molecule has 178 valence electrons. The monoisotopic (exact) mass is 480 g/mol. The number of methoxy groups -OCH3 is 2. The Morgan fingerprint density at radius 1 is 1.18 bits per heavy atom. The van der Waals surface area contributed by atoms with Crippen molar-refractivity contribution >= 4 is 23.4 Å². The van der Waals surface area contributed by atoms with Crippen molar-refractivity contribution in [2.45, 2.75) is 24.3 Å². The predicted octanol–water partition coefficient (Wildman–Crippen LogP) is 5.00. The molecule has 1 atom stereocenters. The van der Waals surface area contributed by atoms with Gasteiger partial charge >= 0.3 is 6.03 Å². The Labute approximate surface area is 203 Å². The van der Waals surface area contributed by atoms with E-state index in [0.29, 0.717) is 37.0 Å². The van der Waals surface area contributed by atoms with E-state index in [0.717, 1.165) is 27.3 Å². The quantitative estimate of drug-likeness (QED) is 0.340. The van der Waals surface area contributed by atoms with Crippen LogP contribution in [0.4, 0.5) is 4.79 Å². The number of hydrogen-bond acceptors (Lipinski definition) is 7. The lowest BCUT2D eigenvalue weighted by Crippen LogP contribution is -2.46. The van der Waals surface area contributed by atoms with Gasteiger partial charge in [0.25, 0.3) is 5.89 Å². The van der Waals surface area contributed by atoms with Gasteiger partial charge in [0.05, 0.1) is 18.7 Å². The molecule has 0 aliphatic carbocycles. The minimum Gasteiger partial charge on any atom is -0.497 e. The number of aromatic nitrogens is 2. The van der Waals surface area contributed by atoms with E-state index in [1.165, 1.54) is 0 Å². The number of amides is 2. The molecular formula is C25H28N4O4S. The van der Waals surface area contributed by atoms with Crippen LogP contribution in [0.25, 0.3) is 17.0 Å². The van der Waals surface area contributed by atoms with Crippen LogP contribution in [0.2, 0.25) is 0 Å². The molecule has 2 aromatic carbocycles. The molecule has 8 nitrogen and oxygen atoms in total. The first kappa shape index (κ1) is 23.8. The topological polar surface area (TPSA) is 89.7 Å². The van der Waals surface area contributed by atoms with E-state index in [-0.39, 0.29) is 6.03 Å². The average Bonchev–Trinajstić information content (AvgIpc) is 3.35. The maximum Gasteiger partial charge on any atom is 0.322 e. The lowest BCUT2D eigenvalue weighted by atomic mass is 9.94. The van der Waals surface area contributed by atoms with E-state index in [4.69, 9.17) is 19.0 Å². The summed E-state index contributed by atoms with van der Waals surface area (Å²) in [4.78, 5) is 20.6. The largest absolute Gasteiger partial charge is 0.497 e. The zero-order valence-electron chi connectivity index (χ0n) is 19.7. The van der Waals surface area contributed by atoms with Gasteiger partial charge in [0.1, 0.15) is 5.75 Å². The number of hydrogen-bond donors (Lipinski definition) is 1. The van der Waals surface area contributed by atoms with Crippen molar-refractivity contribution in [1.82, 2.24) is 20.4 Å². The molecule has 1 aliphatic heterocycles. The van der Waals surface area contributed by atoms with Crippen molar-refractivity contribution in [3.8, 4) is 17.1 Å². The Morgan fingerprint density at radius 2 is 1.97 bits per heavy atom. The second-order valence-corrected chi connectivity index (χ2v) is 8.69. The van der Waals surface area contributed by atoms with Gasteiger partial charge < -0.3 is 19.3 Å². The minimum absolute atomic E-state index is 0.163. The molecular weight excluding hydrogens is 452 g/mol. The number of thioether (sulfide) groups is 1. The van der Waals surface area contributed by atoms with Crippen molar-refractivity contribution in [1.29, 1.82) is 0 Å². The summed E-state index contributed by atoms with van der Waals surface area (Å²) in [5.74, 6) is 1.53. The maximum atomic E-state index is 13.0. The lowest BCUT2D eigenvalue weighted by molar-refractivity contribution is 0.174. The number of rotatable bonds is 9. The maximum absolute atomic E-state index is 13.0. The third-order valence-corrected chi connectivity index (χ3v) is 6.50. The molecule has 34 heavy (non-hydrogen) atoms. The van der Waals surface area contributed by atoms with Crippen molar-refractivity contribution in [3.63, 3.8) is 0 Å². The van der Waals surface area contributed by atoms with Crippen LogP contribution in [-0.2, 0) is 4.74 Å². The fourth-order valence-electron chi connectivity index (χ4n) is 3.95. The number of urea groups is 1. The van der Waals surface area contributed by atoms with E-state index >= 15 is 0 Å². The van der Waals surface area contributed by atoms with Gasteiger partial charge in [-0.15, -0.1) is 11.8 Å². The number of allylic oxidation sites excluding steroid dienone is 1. The van der Waals surface area contributed by atoms with Crippen LogP contribution < -0.4 is 10.1 Å². The molecule has 0 radical (unpaired) electrons. The predicted molar refractivity (Wildman–Crippen MR) is 132 cm³/mol. The summed E-state index contributed by atoms with van der Waals surface area (Å²) >= 11 is 1.67. The van der Waals surface area contributed by atoms with E-state index in [1.54, 1.807) is 30.9 Å². The number of nitrogens with one attached hydrogen (secondary N) is 1. The van der Waals surface area contributed by atoms with Gasteiger partial charge in [-0.3, -0.25) is 4.90 Å². The van der Waals surface area contributed by atoms with E-state index in [2.05, 4.69) is 10.5 Å². The molecule has 0 bridgehead atoms. The fourth-order valence-corrected chi connectivity index (χ4v) is 4.36. The van der Waals surface area contributed by atoms with Crippen molar-refractivity contribution in [2.24, 2.45) is 0 Å². The van der Waals surface area contributed by atoms with Crippen LogP contribution >= 0.6 is 11.8 Å². The van der Waals surface area contributed by atoms with Gasteiger partial charge in [0, 0.05) is 36.4 Å². The molecule has 0 fully saturated rings. The average molecular weight is 481 g/mol. The Morgan fingerprint density at radius 3 is 2.68 bits per heavy atom. The Hall–Kier alpha value is -3.30. The number of carbonyl (C=O) groups is 1. The summed E-state index contributed by atoms with van der Waals surface area (Å²) in [6.45, 7) is 3.00. The summed E-state index contributed by atoms with van der Waals surface area (Å²) in [7, 11) is 3.27. The van der Waals surface area contributed by atoms with Gasteiger partial charge in [0.15, 0.2) is 0 Å². The third kappa shape index (κ3) is 4.95. The van der Waals surface area contributed by atoms with Crippen LogP contribution in [0, 0.1) is 0 Å².